The third-order valence-corrected chi connectivity index (χ3v) is 8.41. The summed E-state index contributed by atoms with van der Waals surface area (Å²) in [4.78, 5) is 37.0. The highest BCUT2D eigenvalue weighted by Crippen LogP contribution is 2.23. The van der Waals surface area contributed by atoms with Crippen LogP contribution in [0.25, 0.3) is 22.6 Å². The van der Waals surface area contributed by atoms with E-state index in [9.17, 15) is 22.4 Å². The lowest BCUT2D eigenvalue weighted by molar-refractivity contribution is 0.181. The van der Waals surface area contributed by atoms with Gasteiger partial charge < -0.3 is 4.98 Å². The molecule has 1 saturated heterocycles. The molecule has 194 valence electrons. The maximum atomic E-state index is 13.2. The van der Waals surface area contributed by atoms with Crippen molar-refractivity contribution in [1.82, 2.24) is 28.7 Å². The Morgan fingerprint density at radius 1 is 0.946 bits per heavy atom. The number of aromatic amines is 2. The van der Waals surface area contributed by atoms with Crippen LogP contribution in [-0.4, -0.2) is 63.3 Å². The predicted molar refractivity (Wildman–Crippen MR) is 137 cm³/mol. The largest absolute Gasteiger partial charge is 0.332 e. The first kappa shape index (κ1) is 25.1. The fourth-order valence-electron chi connectivity index (χ4n) is 4.49. The first-order valence-corrected chi connectivity index (χ1v) is 13.5. The molecule has 1 fully saturated rings. The molecule has 2 N–H and O–H groups in total. The number of aromatic nitrogens is 4. The van der Waals surface area contributed by atoms with E-state index >= 15 is 0 Å². The molecule has 0 aliphatic carbocycles. The Kier molecular flexibility index (Phi) is 6.80. The van der Waals surface area contributed by atoms with Crippen molar-refractivity contribution in [3.05, 3.63) is 80.7 Å². The summed E-state index contributed by atoms with van der Waals surface area (Å²) in [6.45, 7) is 4.65. The van der Waals surface area contributed by atoms with E-state index in [0.717, 1.165) is 10.1 Å². The van der Waals surface area contributed by atoms with Gasteiger partial charge >= 0.3 is 5.69 Å². The second kappa shape index (κ2) is 10.0. The second-order valence-corrected chi connectivity index (χ2v) is 11.0. The first-order valence-electron chi connectivity index (χ1n) is 12.1. The molecule has 3 heterocycles. The molecule has 37 heavy (non-hydrogen) atoms. The van der Waals surface area contributed by atoms with Gasteiger partial charge in [-0.15, -0.1) is 0 Å². The summed E-state index contributed by atoms with van der Waals surface area (Å²) in [6.07, 6.45) is 0.634. The van der Waals surface area contributed by atoms with Crippen LogP contribution in [0.5, 0.6) is 0 Å². The van der Waals surface area contributed by atoms with Crippen LogP contribution in [0.1, 0.15) is 18.9 Å². The minimum atomic E-state index is -3.69. The smallest absolute Gasteiger partial charge is 0.330 e. The van der Waals surface area contributed by atoms with E-state index in [1.165, 1.54) is 28.6 Å². The molecule has 10 nitrogen and oxygen atoms in total. The molecule has 0 bridgehead atoms. The maximum Gasteiger partial charge on any atom is 0.330 e. The van der Waals surface area contributed by atoms with Crippen molar-refractivity contribution >= 4 is 21.2 Å². The molecule has 1 aliphatic rings. The summed E-state index contributed by atoms with van der Waals surface area (Å²) in [5, 5.41) is 0. The quantitative estimate of drug-likeness (QED) is 0.380. The van der Waals surface area contributed by atoms with Crippen LogP contribution < -0.4 is 11.2 Å². The van der Waals surface area contributed by atoms with Crippen molar-refractivity contribution in [2.45, 2.75) is 31.3 Å². The van der Waals surface area contributed by atoms with Crippen LogP contribution in [0.15, 0.2) is 63.0 Å². The van der Waals surface area contributed by atoms with Gasteiger partial charge in [0.25, 0.3) is 5.56 Å². The summed E-state index contributed by atoms with van der Waals surface area (Å²) in [5.74, 6) is 0.0755. The molecule has 0 radical (unpaired) electrons. The van der Waals surface area contributed by atoms with Gasteiger partial charge in [0, 0.05) is 44.8 Å². The molecule has 0 spiro atoms. The summed E-state index contributed by atoms with van der Waals surface area (Å²) >= 11 is 0. The van der Waals surface area contributed by atoms with Crippen molar-refractivity contribution < 1.29 is 12.8 Å². The lowest BCUT2D eigenvalue weighted by atomic mass is 10.2. The number of sulfonamides is 1. The van der Waals surface area contributed by atoms with Crippen molar-refractivity contribution in [3.63, 3.8) is 0 Å². The number of nitrogens with one attached hydrogen (secondary N) is 2. The number of rotatable bonds is 7. The highest BCUT2D eigenvalue weighted by molar-refractivity contribution is 7.89. The Labute approximate surface area is 212 Å². The fourth-order valence-corrected chi connectivity index (χ4v) is 5.91. The fraction of sp³-hybridized carbons (Fsp3) is 0.320. The summed E-state index contributed by atoms with van der Waals surface area (Å²) in [7, 11) is -3.69. The lowest BCUT2D eigenvalue weighted by Gasteiger charge is -2.34. The number of nitrogens with zero attached hydrogens (tertiary/aromatic N) is 4. The van der Waals surface area contributed by atoms with E-state index in [-0.39, 0.29) is 21.9 Å². The number of hydrogen-bond acceptors (Lipinski definition) is 6. The Morgan fingerprint density at radius 2 is 1.62 bits per heavy atom. The van der Waals surface area contributed by atoms with E-state index in [1.54, 1.807) is 24.3 Å². The summed E-state index contributed by atoms with van der Waals surface area (Å²) in [6, 6.07) is 12.6. The molecule has 0 atom stereocenters. The van der Waals surface area contributed by atoms with E-state index in [2.05, 4.69) is 19.9 Å². The number of halogens is 1. The summed E-state index contributed by atoms with van der Waals surface area (Å²) in [5.41, 5.74) is 0.952. The van der Waals surface area contributed by atoms with E-state index < -0.39 is 21.3 Å². The molecule has 0 amide bonds. The van der Waals surface area contributed by atoms with Gasteiger partial charge in [-0.1, -0.05) is 19.1 Å². The molecular weight excluding hydrogens is 499 g/mol. The monoisotopic (exact) mass is 526 g/mol. The Bertz CT molecular complexity index is 1630. The Balaban J connectivity index is 1.30. The zero-order chi connectivity index (χ0) is 26.2. The van der Waals surface area contributed by atoms with Gasteiger partial charge in [0.2, 0.25) is 10.0 Å². The minimum Gasteiger partial charge on any atom is -0.332 e. The standard InChI is InChI=1S/C25H27FN6O4S/c1-2-11-32-24(33)21-23(29-25(32)34)28-22(27-21)18-5-9-20(10-6-18)37(35,36)31-14-12-30(13-15-31)16-17-3-7-19(26)8-4-17/h3-10H,2,11-16H2,1H3,(H,27,28)(H,29,34). The van der Waals surface area contributed by atoms with Crippen molar-refractivity contribution in [2.24, 2.45) is 0 Å². The molecule has 0 saturated carbocycles. The lowest BCUT2D eigenvalue weighted by Crippen LogP contribution is -2.48. The third-order valence-electron chi connectivity index (χ3n) is 6.50. The highest BCUT2D eigenvalue weighted by Gasteiger charge is 2.28. The number of hydrogen-bond donors (Lipinski definition) is 2. The number of piperazine rings is 1. The molecule has 0 unspecified atom stereocenters. The normalized spacial score (nSPS) is 15.4. The van der Waals surface area contributed by atoms with Crippen LogP contribution in [0.4, 0.5) is 4.39 Å². The van der Waals surface area contributed by atoms with Gasteiger partial charge in [0.1, 0.15) is 17.2 Å². The van der Waals surface area contributed by atoms with Crippen LogP contribution in [0.2, 0.25) is 0 Å². The predicted octanol–water partition coefficient (Wildman–Crippen LogP) is 2.14. The number of benzene rings is 2. The zero-order valence-corrected chi connectivity index (χ0v) is 21.1. The SMILES string of the molecule is CCCn1c(=O)[nH]c2nc(-c3ccc(S(=O)(=O)N4CCN(Cc5ccc(F)cc5)CC4)cc3)[nH]c2c1=O. The van der Waals surface area contributed by atoms with Gasteiger partial charge in [-0.05, 0) is 48.4 Å². The van der Waals surface area contributed by atoms with Gasteiger partial charge in [-0.25, -0.2) is 22.6 Å². The number of H-pyrrole nitrogens is 2. The third kappa shape index (κ3) is 4.99. The topological polar surface area (TPSA) is 124 Å². The highest BCUT2D eigenvalue weighted by atomic mass is 32.2. The van der Waals surface area contributed by atoms with E-state index in [1.807, 2.05) is 6.92 Å². The van der Waals surface area contributed by atoms with Crippen molar-refractivity contribution in [3.8, 4) is 11.4 Å². The van der Waals surface area contributed by atoms with E-state index in [4.69, 9.17) is 0 Å². The van der Waals surface area contributed by atoms with Crippen molar-refractivity contribution in [1.29, 1.82) is 0 Å². The van der Waals surface area contributed by atoms with Gasteiger partial charge in [-0.2, -0.15) is 4.31 Å². The first-order chi connectivity index (χ1) is 17.8. The Hall–Kier alpha value is -3.61. The van der Waals surface area contributed by atoms with Crippen LogP contribution in [0.3, 0.4) is 0 Å². The molecule has 1 aliphatic heterocycles. The molecule has 12 heteroatoms. The van der Waals surface area contributed by atoms with Crippen LogP contribution in [-0.2, 0) is 23.1 Å². The van der Waals surface area contributed by atoms with Gasteiger partial charge in [0.15, 0.2) is 5.65 Å². The summed E-state index contributed by atoms with van der Waals surface area (Å²) < 4.78 is 42.2. The van der Waals surface area contributed by atoms with Crippen LogP contribution >= 0.6 is 0 Å². The second-order valence-electron chi connectivity index (χ2n) is 9.03. The Morgan fingerprint density at radius 3 is 2.27 bits per heavy atom. The maximum absolute atomic E-state index is 13.2. The molecule has 5 rings (SSSR count). The average Bonchev–Trinajstić information content (AvgIpc) is 3.32. The molecule has 2 aromatic heterocycles. The van der Waals surface area contributed by atoms with Crippen molar-refractivity contribution in [2.75, 3.05) is 26.2 Å². The number of fused-ring (bicyclic) bond motifs is 1. The van der Waals surface area contributed by atoms with Crippen LogP contribution in [0, 0.1) is 5.82 Å². The zero-order valence-electron chi connectivity index (χ0n) is 20.3. The molecular formula is C25H27FN6O4S. The van der Waals surface area contributed by atoms with Gasteiger partial charge in [0.05, 0.1) is 4.90 Å². The number of imidazole rings is 1. The molecule has 2 aromatic carbocycles. The van der Waals surface area contributed by atoms with Gasteiger partial charge in [-0.3, -0.25) is 19.2 Å². The van der Waals surface area contributed by atoms with E-state index in [0.29, 0.717) is 57.1 Å². The molecule has 4 aromatic rings. The average molecular weight is 527 g/mol. The minimum absolute atomic E-state index is 0.160.